The first kappa shape index (κ1) is 27.0. The Morgan fingerprint density at radius 2 is 0.688 bits per heavy atom. The van der Waals surface area contributed by atoms with Crippen LogP contribution in [0.2, 0.25) is 0 Å². The monoisotopic (exact) mass is 442 g/mol. The maximum atomic E-state index is 10.5. The fraction of sp³-hybridized carbons (Fsp3) is 0. The van der Waals surface area contributed by atoms with Gasteiger partial charge in [-0.3, -0.25) is 0 Å². The molecular weight excluding hydrogens is 432 g/mol. The third-order valence-electron chi connectivity index (χ3n) is 3.39. The molecule has 0 spiro atoms. The van der Waals surface area contributed by atoms with E-state index in [4.69, 9.17) is 0 Å². The van der Waals surface area contributed by atoms with Gasteiger partial charge in [0.1, 0.15) is 0 Å². The lowest BCUT2D eigenvalue weighted by molar-refractivity contribution is -0.260. The lowest BCUT2D eigenvalue weighted by atomic mass is 10.0. The van der Waals surface area contributed by atoms with Crippen molar-refractivity contribution in [2.45, 2.75) is 0 Å². The molecule has 2 rings (SSSR count). The average Bonchev–Trinajstić information content (AvgIpc) is 2.74. The Kier molecular flexibility index (Phi) is 10.0. The summed E-state index contributed by atoms with van der Waals surface area (Å²) in [5.74, 6) is -10.3. The SMILES string of the molecule is C=C.O=C([O-])c1ccc(C(=O)[O-])c(C(=O)[O-])c1.O=C([O-])c1ccc(C(=O)[O-])c(C(=O)[O-])c1. The largest absolute Gasteiger partial charge is 0.545 e. The van der Waals surface area contributed by atoms with Crippen molar-refractivity contribution in [2.24, 2.45) is 0 Å². The number of carboxylic acid groups (broad SMARTS) is 6. The van der Waals surface area contributed by atoms with E-state index in [1.165, 1.54) is 0 Å². The molecule has 0 radical (unpaired) electrons. The number of carbonyl (C=O) groups is 6. The molecule has 2 aromatic rings. The van der Waals surface area contributed by atoms with Crippen LogP contribution < -0.4 is 30.6 Å². The van der Waals surface area contributed by atoms with Gasteiger partial charge < -0.3 is 59.4 Å². The summed E-state index contributed by atoms with van der Waals surface area (Å²) in [4.78, 5) is 62.6. The van der Waals surface area contributed by atoms with Crippen LogP contribution in [-0.2, 0) is 0 Å². The van der Waals surface area contributed by atoms with E-state index in [0.29, 0.717) is 12.1 Å². The maximum absolute atomic E-state index is 10.5. The lowest BCUT2D eigenvalue weighted by Crippen LogP contribution is -2.31. The first-order valence-corrected chi connectivity index (χ1v) is 7.93. The van der Waals surface area contributed by atoms with E-state index in [-0.39, 0.29) is 0 Å². The van der Waals surface area contributed by atoms with Crippen molar-refractivity contribution < 1.29 is 59.4 Å². The molecule has 32 heavy (non-hydrogen) atoms. The molecule has 0 amide bonds. The summed E-state index contributed by atoms with van der Waals surface area (Å²) in [6.07, 6.45) is 0. The summed E-state index contributed by atoms with van der Waals surface area (Å²) in [7, 11) is 0. The molecule has 0 aromatic heterocycles. The number of rotatable bonds is 6. The van der Waals surface area contributed by atoms with Gasteiger partial charge in [-0.15, -0.1) is 13.2 Å². The normalized spacial score (nSPS) is 9.12. The average molecular weight is 442 g/mol. The second-order valence-corrected chi connectivity index (χ2v) is 5.25. The van der Waals surface area contributed by atoms with Gasteiger partial charge in [-0.2, -0.15) is 0 Å². The quantitative estimate of drug-likeness (QED) is 0.380. The number of hydrogen-bond acceptors (Lipinski definition) is 12. The third kappa shape index (κ3) is 7.11. The molecule has 12 nitrogen and oxygen atoms in total. The van der Waals surface area contributed by atoms with Crippen LogP contribution in [-0.4, -0.2) is 35.8 Å². The molecular formula is C20H10O12-6. The van der Waals surface area contributed by atoms with Gasteiger partial charge in [0.2, 0.25) is 0 Å². The second-order valence-electron chi connectivity index (χ2n) is 5.25. The first-order chi connectivity index (χ1) is 14.9. The lowest BCUT2D eigenvalue weighted by Gasteiger charge is -2.13. The van der Waals surface area contributed by atoms with Crippen molar-refractivity contribution in [1.29, 1.82) is 0 Å². The molecule has 0 unspecified atom stereocenters. The van der Waals surface area contributed by atoms with E-state index in [2.05, 4.69) is 13.2 Å². The molecule has 168 valence electrons. The predicted molar refractivity (Wildman–Crippen MR) is 90.1 cm³/mol. The van der Waals surface area contributed by atoms with Crippen LogP contribution in [0.15, 0.2) is 49.6 Å². The minimum absolute atomic E-state index is 0.445. The van der Waals surface area contributed by atoms with Gasteiger partial charge in [0.25, 0.3) is 0 Å². The predicted octanol–water partition coefficient (Wildman–Crippen LogP) is -5.64. The van der Waals surface area contributed by atoms with Gasteiger partial charge in [-0.1, -0.05) is 24.3 Å². The van der Waals surface area contributed by atoms with E-state index in [1.54, 1.807) is 0 Å². The highest BCUT2D eigenvalue weighted by atomic mass is 16.4. The Morgan fingerprint density at radius 3 is 0.875 bits per heavy atom. The van der Waals surface area contributed by atoms with Crippen molar-refractivity contribution in [3.8, 4) is 0 Å². The molecule has 2 aromatic carbocycles. The van der Waals surface area contributed by atoms with Gasteiger partial charge in [0, 0.05) is 22.3 Å². The Morgan fingerprint density at radius 1 is 0.438 bits per heavy atom. The zero-order valence-corrected chi connectivity index (χ0v) is 15.8. The van der Waals surface area contributed by atoms with Gasteiger partial charge in [0.05, 0.1) is 35.8 Å². The van der Waals surface area contributed by atoms with Gasteiger partial charge in [0.15, 0.2) is 0 Å². The van der Waals surface area contributed by atoms with E-state index in [0.717, 1.165) is 24.3 Å². The van der Waals surface area contributed by atoms with Crippen LogP contribution >= 0.6 is 0 Å². The van der Waals surface area contributed by atoms with Crippen LogP contribution in [0.5, 0.6) is 0 Å². The summed E-state index contributed by atoms with van der Waals surface area (Å²) in [5, 5.41) is 62.6. The summed E-state index contributed by atoms with van der Waals surface area (Å²) < 4.78 is 0. The standard InChI is InChI=1S/2C9H6O6.C2H4/c2*10-7(11)4-1-2-5(8(12)13)6(3-4)9(14)15;1-2/h2*1-3H,(H,10,11)(H,12,13)(H,14,15);1-2H2/p-6. The number of carbonyl (C=O) groups excluding carboxylic acids is 6. The molecule has 0 atom stereocenters. The highest BCUT2D eigenvalue weighted by molar-refractivity contribution is 6.03. The molecule has 0 bridgehead atoms. The zero-order chi connectivity index (χ0) is 25.2. The second kappa shape index (κ2) is 11.9. The molecule has 0 saturated heterocycles. The van der Waals surface area contributed by atoms with Gasteiger partial charge in [-0.05, 0) is 23.3 Å². The number of benzene rings is 2. The van der Waals surface area contributed by atoms with Crippen LogP contribution in [0, 0.1) is 0 Å². The highest BCUT2D eigenvalue weighted by Crippen LogP contribution is 2.11. The molecule has 0 aliphatic carbocycles. The molecule has 0 heterocycles. The van der Waals surface area contributed by atoms with E-state index >= 15 is 0 Å². The number of hydrogen-bond donors (Lipinski definition) is 0. The minimum atomic E-state index is -1.79. The smallest absolute Gasteiger partial charge is 0.0722 e. The Hall–Kier alpha value is -5.00. The van der Waals surface area contributed by atoms with Crippen LogP contribution in [0.3, 0.4) is 0 Å². The van der Waals surface area contributed by atoms with Crippen molar-refractivity contribution in [1.82, 2.24) is 0 Å². The minimum Gasteiger partial charge on any atom is -0.545 e. The fourth-order valence-corrected chi connectivity index (χ4v) is 2.04. The molecule has 0 N–H and O–H groups in total. The van der Waals surface area contributed by atoms with Crippen molar-refractivity contribution >= 4 is 35.8 Å². The molecule has 0 saturated carbocycles. The van der Waals surface area contributed by atoms with Crippen molar-refractivity contribution in [3.63, 3.8) is 0 Å². The van der Waals surface area contributed by atoms with E-state index < -0.39 is 69.2 Å². The Balaban J connectivity index is 0.000000557. The van der Waals surface area contributed by atoms with Crippen molar-refractivity contribution in [2.75, 3.05) is 0 Å². The Labute approximate surface area is 178 Å². The van der Waals surface area contributed by atoms with Crippen LogP contribution in [0.1, 0.15) is 62.1 Å². The molecule has 12 heteroatoms. The third-order valence-corrected chi connectivity index (χ3v) is 3.39. The summed E-state index contributed by atoms with van der Waals surface area (Å²) in [5.41, 5.74) is -3.67. The summed E-state index contributed by atoms with van der Waals surface area (Å²) in [6, 6.07) is 4.74. The molecule has 0 aliphatic rings. The maximum Gasteiger partial charge on any atom is 0.0722 e. The van der Waals surface area contributed by atoms with Crippen LogP contribution in [0.4, 0.5) is 0 Å². The molecule has 0 aliphatic heterocycles. The first-order valence-electron chi connectivity index (χ1n) is 7.93. The van der Waals surface area contributed by atoms with Crippen molar-refractivity contribution in [3.05, 3.63) is 82.9 Å². The van der Waals surface area contributed by atoms with Gasteiger partial charge >= 0.3 is 0 Å². The number of aromatic carboxylic acids is 6. The van der Waals surface area contributed by atoms with E-state index in [9.17, 15) is 59.4 Å². The fourth-order valence-electron chi connectivity index (χ4n) is 2.04. The van der Waals surface area contributed by atoms with Gasteiger partial charge in [-0.25, -0.2) is 0 Å². The molecule has 0 fully saturated rings. The Bertz CT molecular complexity index is 998. The number of carboxylic acids is 6. The summed E-state index contributed by atoms with van der Waals surface area (Å²) >= 11 is 0. The topological polar surface area (TPSA) is 241 Å². The van der Waals surface area contributed by atoms with E-state index in [1.807, 2.05) is 0 Å². The van der Waals surface area contributed by atoms with Crippen LogP contribution in [0.25, 0.3) is 0 Å². The summed E-state index contributed by atoms with van der Waals surface area (Å²) in [6.45, 7) is 6.00. The highest BCUT2D eigenvalue weighted by Gasteiger charge is 2.07. The zero-order valence-electron chi connectivity index (χ0n) is 15.8.